The van der Waals surface area contributed by atoms with Crippen LogP contribution in [0.15, 0.2) is 59.0 Å². The van der Waals surface area contributed by atoms with Gasteiger partial charge in [0.25, 0.3) is 5.91 Å². The Kier molecular flexibility index (Phi) is 7.41. The third kappa shape index (κ3) is 5.48. The number of furan rings is 1. The Morgan fingerprint density at radius 3 is 2.83 bits per heavy atom. The molecular formula is C29H34N2O5. The van der Waals surface area contributed by atoms with Crippen LogP contribution < -0.4 is 10.1 Å². The standard InChI is InChI=1S/C29H34N2O5/c1-34-25-9-3-2-6-21(25)7-4-14-31-15-12-29(33,13-16-31)23-10-11-26-22(18-23)19-27(36-26)28(32)30-20-24-8-5-17-35-24/h2-4,6-7,9-11,18-19,24,33H,5,8,12-17,20H2,1H3,(H,30,32). The molecule has 1 unspecified atom stereocenters. The van der Waals surface area contributed by atoms with E-state index in [9.17, 15) is 9.90 Å². The number of hydrogen-bond donors (Lipinski definition) is 2. The second-order valence-electron chi connectivity index (χ2n) is 9.68. The summed E-state index contributed by atoms with van der Waals surface area (Å²) in [6.07, 6.45) is 7.61. The molecular weight excluding hydrogens is 456 g/mol. The lowest BCUT2D eigenvalue weighted by Gasteiger charge is -2.38. The van der Waals surface area contributed by atoms with E-state index in [-0.39, 0.29) is 17.8 Å². The van der Waals surface area contributed by atoms with Gasteiger partial charge < -0.3 is 24.3 Å². The second-order valence-corrected chi connectivity index (χ2v) is 9.68. The number of rotatable bonds is 8. The molecule has 7 nitrogen and oxygen atoms in total. The largest absolute Gasteiger partial charge is 0.496 e. The van der Waals surface area contributed by atoms with Crippen molar-refractivity contribution in [1.82, 2.24) is 10.2 Å². The van der Waals surface area contributed by atoms with Crippen molar-refractivity contribution in [2.75, 3.05) is 39.9 Å². The molecule has 5 rings (SSSR count). The van der Waals surface area contributed by atoms with Crippen LogP contribution in [-0.2, 0) is 10.3 Å². The lowest BCUT2D eigenvalue weighted by Crippen LogP contribution is -2.42. The van der Waals surface area contributed by atoms with Crippen molar-refractivity contribution in [2.45, 2.75) is 37.4 Å². The van der Waals surface area contributed by atoms with Gasteiger partial charge in [-0.15, -0.1) is 0 Å². The number of nitrogens with zero attached hydrogens (tertiary/aromatic N) is 1. The number of amides is 1. The normalized spacial score (nSPS) is 20.2. The summed E-state index contributed by atoms with van der Waals surface area (Å²) in [4.78, 5) is 14.9. The summed E-state index contributed by atoms with van der Waals surface area (Å²) in [5.41, 5.74) is 1.67. The number of aliphatic hydroxyl groups is 1. The number of likely N-dealkylation sites (tertiary alicyclic amines) is 1. The highest BCUT2D eigenvalue weighted by atomic mass is 16.5. The van der Waals surface area contributed by atoms with Crippen molar-refractivity contribution in [3.05, 3.63) is 71.5 Å². The Bertz CT molecular complexity index is 1220. The molecule has 2 aromatic carbocycles. The molecule has 0 radical (unpaired) electrons. The molecule has 2 saturated heterocycles. The first-order valence-corrected chi connectivity index (χ1v) is 12.7. The van der Waals surface area contributed by atoms with E-state index in [1.807, 2.05) is 42.5 Å². The Balaban J connectivity index is 1.18. The molecule has 0 spiro atoms. The Morgan fingerprint density at radius 1 is 1.22 bits per heavy atom. The van der Waals surface area contributed by atoms with Crippen molar-refractivity contribution < 1.29 is 23.8 Å². The van der Waals surface area contributed by atoms with Crippen LogP contribution in [0.25, 0.3) is 17.0 Å². The molecule has 1 atom stereocenters. The number of para-hydroxylation sites is 1. The number of carbonyl (C=O) groups is 1. The van der Waals surface area contributed by atoms with E-state index in [0.29, 0.717) is 25.0 Å². The molecule has 3 heterocycles. The molecule has 2 fully saturated rings. The number of hydrogen-bond acceptors (Lipinski definition) is 6. The van der Waals surface area contributed by atoms with Crippen LogP contribution in [0.4, 0.5) is 0 Å². The van der Waals surface area contributed by atoms with E-state index in [2.05, 4.69) is 22.4 Å². The van der Waals surface area contributed by atoms with Gasteiger partial charge in [0.15, 0.2) is 5.76 Å². The number of ether oxygens (including phenoxy) is 2. The van der Waals surface area contributed by atoms with Crippen LogP contribution >= 0.6 is 0 Å². The first-order chi connectivity index (χ1) is 17.5. The highest BCUT2D eigenvalue weighted by molar-refractivity contribution is 5.96. The van der Waals surface area contributed by atoms with Gasteiger partial charge in [0.05, 0.1) is 18.8 Å². The zero-order valence-electron chi connectivity index (χ0n) is 20.7. The van der Waals surface area contributed by atoms with Gasteiger partial charge in [-0.05, 0) is 55.5 Å². The summed E-state index contributed by atoms with van der Waals surface area (Å²) < 4.78 is 16.8. The monoisotopic (exact) mass is 490 g/mol. The summed E-state index contributed by atoms with van der Waals surface area (Å²) in [5, 5.41) is 15.2. The molecule has 190 valence electrons. The lowest BCUT2D eigenvalue weighted by molar-refractivity contribution is -0.0232. The van der Waals surface area contributed by atoms with Crippen LogP contribution in [0.1, 0.15) is 47.4 Å². The van der Waals surface area contributed by atoms with Crippen molar-refractivity contribution in [2.24, 2.45) is 0 Å². The van der Waals surface area contributed by atoms with E-state index in [4.69, 9.17) is 13.9 Å². The van der Waals surface area contributed by atoms with Crippen LogP contribution in [0.2, 0.25) is 0 Å². The highest BCUT2D eigenvalue weighted by Crippen LogP contribution is 2.35. The fourth-order valence-electron chi connectivity index (χ4n) is 5.07. The fraction of sp³-hybridized carbons (Fsp3) is 0.414. The zero-order valence-corrected chi connectivity index (χ0v) is 20.7. The number of carbonyl (C=O) groups excluding carboxylic acids is 1. The van der Waals surface area contributed by atoms with Crippen molar-refractivity contribution in [1.29, 1.82) is 0 Å². The van der Waals surface area contributed by atoms with Crippen LogP contribution in [-0.4, -0.2) is 61.9 Å². The van der Waals surface area contributed by atoms with Crippen molar-refractivity contribution in [3.63, 3.8) is 0 Å². The number of nitrogens with one attached hydrogen (secondary N) is 1. The van der Waals surface area contributed by atoms with Gasteiger partial charge >= 0.3 is 0 Å². The second kappa shape index (κ2) is 10.9. The molecule has 36 heavy (non-hydrogen) atoms. The molecule has 1 aromatic heterocycles. The molecule has 0 bridgehead atoms. The Morgan fingerprint density at radius 2 is 2.06 bits per heavy atom. The summed E-state index contributed by atoms with van der Waals surface area (Å²) in [5.74, 6) is 0.903. The third-order valence-electron chi connectivity index (χ3n) is 7.27. The van der Waals surface area contributed by atoms with E-state index in [1.165, 1.54) is 0 Å². The quantitative estimate of drug-likeness (QED) is 0.489. The van der Waals surface area contributed by atoms with Crippen LogP contribution in [0.3, 0.4) is 0 Å². The molecule has 0 saturated carbocycles. The third-order valence-corrected chi connectivity index (χ3v) is 7.27. The number of benzene rings is 2. The maximum Gasteiger partial charge on any atom is 0.287 e. The molecule has 0 aliphatic carbocycles. The number of methoxy groups -OCH3 is 1. The molecule has 1 amide bonds. The zero-order chi connectivity index (χ0) is 25.0. The average Bonchev–Trinajstić information content (AvgIpc) is 3.58. The van der Waals surface area contributed by atoms with Gasteiger partial charge in [0.2, 0.25) is 0 Å². The molecule has 2 N–H and O–H groups in total. The maximum atomic E-state index is 12.5. The van der Waals surface area contributed by atoms with Crippen LogP contribution in [0.5, 0.6) is 5.75 Å². The fourth-order valence-corrected chi connectivity index (χ4v) is 5.07. The topological polar surface area (TPSA) is 84.2 Å². The van der Waals surface area contributed by atoms with Gasteiger partial charge in [0, 0.05) is 43.7 Å². The minimum absolute atomic E-state index is 0.0849. The average molecular weight is 491 g/mol. The summed E-state index contributed by atoms with van der Waals surface area (Å²) in [6, 6.07) is 15.4. The minimum atomic E-state index is -0.892. The van der Waals surface area contributed by atoms with E-state index in [1.54, 1.807) is 13.2 Å². The number of piperidine rings is 1. The van der Waals surface area contributed by atoms with Gasteiger partial charge in [0.1, 0.15) is 11.3 Å². The minimum Gasteiger partial charge on any atom is -0.496 e. The van der Waals surface area contributed by atoms with Gasteiger partial charge in [-0.25, -0.2) is 0 Å². The Hall–Kier alpha value is -3.13. The van der Waals surface area contributed by atoms with E-state index >= 15 is 0 Å². The molecule has 7 heteroatoms. The van der Waals surface area contributed by atoms with Gasteiger partial charge in [-0.3, -0.25) is 9.69 Å². The summed E-state index contributed by atoms with van der Waals surface area (Å²) in [7, 11) is 1.68. The van der Waals surface area contributed by atoms with Gasteiger partial charge in [-0.2, -0.15) is 0 Å². The molecule has 2 aliphatic rings. The smallest absolute Gasteiger partial charge is 0.287 e. The summed E-state index contributed by atoms with van der Waals surface area (Å²) in [6.45, 7) is 3.67. The van der Waals surface area contributed by atoms with Crippen molar-refractivity contribution in [3.8, 4) is 5.75 Å². The lowest BCUT2D eigenvalue weighted by atomic mass is 9.84. The summed E-state index contributed by atoms with van der Waals surface area (Å²) >= 11 is 0. The van der Waals surface area contributed by atoms with Gasteiger partial charge in [-0.1, -0.05) is 36.4 Å². The first kappa shape index (κ1) is 24.6. The SMILES string of the molecule is COc1ccccc1C=CCN1CCC(O)(c2ccc3oc(C(=O)NCC4CCCO4)cc3c2)CC1. The maximum absolute atomic E-state index is 12.5. The van der Waals surface area contributed by atoms with E-state index < -0.39 is 5.60 Å². The highest BCUT2D eigenvalue weighted by Gasteiger charge is 2.34. The van der Waals surface area contributed by atoms with E-state index in [0.717, 1.165) is 61.3 Å². The predicted octanol–water partition coefficient (Wildman–Crippen LogP) is 4.35. The predicted molar refractivity (Wildman–Crippen MR) is 139 cm³/mol. The van der Waals surface area contributed by atoms with Crippen molar-refractivity contribution >= 4 is 23.0 Å². The van der Waals surface area contributed by atoms with Crippen LogP contribution in [0, 0.1) is 0 Å². The number of fused-ring (bicyclic) bond motifs is 1. The molecule has 2 aliphatic heterocycles. The molecule has 3 aromatic rings. The first-order valence-electron chi connectivity index (χ1n) is 12.7. The Labute approximate surface area is 211 Å².